The molecule has 1 aliphatic rings. The molecule has 116 valence electrons. The lowest BCUT2D eigenvalue weighted by molar-refractivity contribution is -0.128. The maximum Gasteiger partial charge on any atom is 0.223 e. The van der Waals surface area contributed by atoms with Crippen molar-refractivity contribution in [2.75, 3.05) is 6.54 Å². The Morgan fingerprint density at radius 3 is 3.09 bits per heavy atom. The van der Waals surface area contributed by atoms with E-state index in [0.717, 1.165) is 18.4 Å². The minimum absolute atomic E-state index is 0.0501. The lowest BCUT2D eigenvalue weighted by atomic mass is 10.2. The Labute approximate surface area is 131 Å². The third kappa shape index (κ3) is 2.37. The second-order valence-electron chi connectivity index (χ2n) is 5.42. The summed E-state index contributed by atoms with van der Waals surface area (Å²) in [6, 6.07) is 3.60. The molecule has 1 aliphatic heterocycles. The highest BCUT2D eigenvalue weighted by molar-refractivity contribution is 5.88. The first-order chi connectivity index (χ1) is 11.2. The number of nitrogens with zero attached hydrogens (tertiary/aromatic N) is 5. The summed E-state index contributed by atoms with van der Waals surface area (Å²) in [7, 11) is 0. The molecule has 4 rings (SSSR count). The number of H-pyrrole nitrogens is 1. The van der Waals surface area contributed by atoms with Crippen molar-refractivity contribution in [2.45, 2.75) is 19.4 Å². The predicted molar refractivity (Wildman–Crippen MR) is 81.2 cm³/mol. The first-order valence-corrected chi connectivity index (χ1v) is 7.34. The van der Waals surface area contributed by atoms with Gasteiger partial charge in [-0.15, -0.1) is 0 Å². The summed E-state index contributed by atoms with van der Waals surface area (Å²) in [5.41, 5.74) is 0.727. The van der Waals surface area contributed by atoms with Gasteiger partial charge < -0.3 is 10.0 Å². The number of hydrogen-bond acceptors (Lipinski definition) is 6. The third-order valence-electron chi connectivity index (χ3n) is 3.88. The fraction of sp³-hybridized carbons (Fsp3) is 0.267. The number of nitrogens with one attached hydrogen (secondary N) is 1. The molecule has 8 heteroatoms. The van der Waals surface area contributed by atoms with Crippen molar-refractivity contribution in [2.24, 2.45) is 0 Å². The van der Waals surface area contributed by atoms with E-state index in [1.807, 2.05) is 6.07 Å². The van der Waals surface area contributed by atoms with E-state index in [2.05, 4.69) is 25.1 Å². The van der Waals surface area contributed by atoms with Crippen LogP contribution in [0.4, 0.5) is 0 Å². The first kappa shape index (κ1) is 13.6. The zero-order valence-corrected chi connectivity index (χ0v) is 12.2. The topological polar surface area (TPSA) is 108 Å². The molecule has 4 heterocycles. The monoisotopic (exact) mass is 310 g/mol. The maximum absolute atomic E-state index is 11.7. The molecule has 1 saturated heterocycles. The van der Waals surface area contributed by atoms with Crippen LogP contribution >= 0.6 is 0 Å². The highest BCUT2D eigenvalue weighted by Gasteiger charge is 2.22. The second kappa shape index (κ2) is 5.31. The Balaban J connectivity index is 1.66. The zero-order valence-electron chi connectivity index (χ0n) is 12.2. The maximum atomic E-state index is 11.7. The average molecular weight is 310 g/mol. The number of fused-ring (bicyclic) bond motifs is 1. The highest BCUT2D eigenvalue weighted by Crippen LogP contribution is 2.30. The van der Waals surface area contributed by atoms with Gasteiger partial charge in [-0.2, -0.15) is 5.10 Å². The molecule has 1 amide bonds. The zero-order chi connectivity index (χ0) is 15.8. The summed E-state index contributed by atoms with van der Waals surface area (Å²) >= 11 is 0. The van der Waals surface area contributed by atoms with Crippen LogP contribution in [0.5, 0.6) is 5.75 Å². The molecule has 8 nitrogen and oxygen atoms in total. The molecule has 0 spiro atoms. The summed E-state index contributed by atoms with van der Waals surface area (Å²) in [6.07, 6.45) is 4.68. The number of amides is 1. The van der Waals surface area contributed by atoms with Crippen LogP contribution in [0.3, 0.4) is 0 Å². The molecule has 0 radical (unpaired) electrons. The molecule has 0 bridgehead atoms. The van der Waals surface area contributed by atoms with Gasteiger partial charge in [0.1, 0.15) is 11.3 Å². The van der Waals surface area contributed by atoms with Gasteiger partial charge in [0.2, 0.25) is 11.7 Å². The highest BCUT2D eigenvalue weighted by atomic mass is 16.3. The van der Waals surface area contributed by atoms with Gasteiger partial charge in [0.05, 0.1) is 6.54 Å². The van der Waals surface area contributed by atoms with Crippen LogP contribution in [0.2, 0.25) is 0 Å². The fourth-order valence-electron chi connectivity index (χ4n) is 2.71. The average Bonchev–Trinajstić information content (AvgIpc) is 3.18. The van der Waals surface area contributed by atoms with Gasteiger partial charge in [-0.1, -0.05) is 0 Å². The number of likely N-dealkylation sites (tertiary alicyclic amines) is 1. The summed E-state index contributed by atoms with van der Waals surface area (Å²) in [5.74, 6) is 0.930. The van der Waals surface area contributed by atoms with Gasteiger partial charge in [0, 0.05) is 30.7 Å². The fourth-order valence-corrected chi connectivity index (χ4v) is 2.71. The molecule has 0 unspecified atom stereocenters. The number of aromatic nitrogens is 5. The van der Waals surface area contributed by atoms with Gasteiger partial charge in [0.15, 0.2) is 11.4 Å². The van der Waals surface area contributed by atoms with Gasteiger partial charge >= 0.3 is 0 Å². The van der Waals surface area contributed by atoms with Crippen molar-refractivity contribution in [1.82, 2.24) is 30.0 Å². The number of carbonyl (C=O) groups is 1. The van der Waals surface area contributed by atoms with Gasteiger partial charge in [-0.05, 0) is 18.6 Å². The van der Waals surface area contributed by atoms with Crippen molar-refractivity contribution in [3.63, 3.8) is 0 Å². The van der Waals surface area contributed by atoms with Crippen molar-refractivity contribution in [3.05, 3.63) is 30.4 Å². The van der Waals surface area contributed by atoms with Crippen LogP contribution in [-0.2, 0) is 11.3 Å². The molecular weight excluding hydrogens is 296 g/mol. The number of aromatic amines is 1. The summed E-state index contributed by atoms with van der Waals surface area (Å²) in [5, 5.41) is 18.0. The Morgan fingerprint density at radius 2 is 2.26 bits per heavy atom. The van der Waals surface area contributed by atoms with Crippen LogP contribution in [0.15, 0.2) is 24.5 Å². The molecule has 2 N–H and O–H groups in total. The number of aromatic hydroxyl groups is 1. The number of rotatable bonds is 3. The van der Waals surface area contributed by atoms with Crippen LogP contribution in [0.25, 0.3) is 22.4 Å². The van der Waals surface area contributed by atoms with Gasteiger partial charge in [0.25, 0.3) is 0 Å². The number of pyridine rings is 2. The van der Waals surface area contributed by atoms with Crippen molar-refractivity contribution in [3.8, 4) is 17.3 Å². The smallest absolute Gasteiger partial charge is 0.223 e. The van der Waals surface area contributed by atoms with E-state index >= 15 is 0 Å². The van der Waals surface area contributed by atoms with E-state index in [4.69, 9.17) is 0 Å². The van der Waals surface area contributed by atoms with Crippen LogP contribution < -0.4 is 0 Å². The lowest BCUT2D eigenvalue weighted by Gasteiger charge is -2.12. The van der Waals surface area contributed by atoms with E-state index in [9.17, 15) is 9.90 Å². The summed E-state index contributed by atoms with van der Waals surface area (Å²) in [6.45, 7) is 1.12. The molecule has 3 aromatic heterocycles. The minimum atomic E-state index is -0.0501. The Hall–Kier alpha value is -3.03. The van der Waals surface area contributed by atoms with E-state index < -0.39 is 0 Å². The van der Waals surface area contributed by atoms with E-state index in [-0.39, 0.29) is 23.2 Å². The minimum Gasteiger partial charge on any atom is -0.504 e. The van der Waals surface area contributed by atoms with Gasteiger partial charge in [-0.25, -0.2) is 9.97 Å². The van der Waals surface area contributed by atoms with Crippen molar-refractivity contribution < 1.29 is 9.90 Å². The molecule has 0 aliphatic carbocycles. The molecule has 23 heavy (non-hydrogen) atoms. The predicted octanol–water partition coefficient (Wildman–Crippen LogP) is 1.24. The largest absolute Gasteiger partial charge is 0.504 e. The quantitative estimate of drug-likeness (QED) is 0.753. The first-order valence-electron chi connectivity index (χ1n) is 7.34. The van der Waals surface area contributed by atoms with Gasteiger partial charge in [-0.3, -0.25) is 14.9 Å². The third-order valence-corrected chi connectivity index (χ3v) is 3.88. The molecule has 1 fully saturated rings. The Kier molecular flexibility index (Phi) is 3.14. The lowest BCUT2D eigenvalue weighted by Crippen LogP contribution is -2.24. The van der Waals surface area contributed by atoms with E-state index in [0.29, 0.717) is 24.3 Å². The van der Waals surface area contributed by atoms with E-state index in [1.54, 1.807) is 23.4 Å². The Bertz CT molecular complexity index is 891. The molecule has 0 atom stereocenters. The van der Waals surface area contributed by atoms with Crippen molar-refractivity contribution >= 4 is 16.8 Å². The molecule has 3 aromatic rings. The van der Waals surface area contributed by atoms with E-state index in [1.165, 1.54) is 0 Å². The standard InChI is InChI=1S/C15H14N6O2/c22-11-4-2-6-21(11)8-10-18-15(20-19-10)13-14(23)12-9(7-17-13)3-1-5-16-12/h1,3,5,7,23H,2,4,6,8H2,(H,18,19,20). The number of carbonyl (C=O) groups excluding carboxylic acids is 1. The molecule has 0 saturated carbocycles. The van der Waals surface area contributed by atoms with Crippen LogP contribution in [0, 0.1) is 0 Å². The second-order valence-corrected chi connectivity index (χ2v) is 5.42. The summed E-state index contributed by atoms with van der Waals surface area (Å²) in [4.78, 5) is 26.1. The Morgan fingerprint density at radius 1 is 1.35 bits per heavy atom. The summed E-state index contributed by atoms with van der Waals surface area (Å²) < 4.78 is 0. The SMILES string of the molecule is O=C1CCCN1Cc1nc(-c2ncc3cccnc3c2O)n[nH]1. The normalized spacial score (nSPS) is 14.8. The van der Waals surface area contributed by atoms with Crippen LogP contribution in [-0.4, -0.2) is 47.6 Å². The molecule has 0 aromatic carbocycles. The molecular formula is C15H14N6O2. The van der Waals surface area contributed by atoms with Crippen LogP contribution in [0.1, 0.15) is 18.7 Å². The van der Waals surface area contributed by atoms with Crippen molar-refractivity contribution in [1.29, 1.82) is 0 Å². The number of hydrogen-bond donors (Lipinski definition) is 2.